The number of likely N-dealkylation sites (tertiary alicyclic amines) is 1. The van der Waals surface area contributed by atoms with Crippen LogP contribution in [0.4, 0.5) is 0 Å². The van der Waals surface area contributed by atoms with Crippen LogP contribution in [-0.2, 0) is 17.7 Å². The zero-order chi connectivity index (χ0) is 17.5. The number of hydrogen-bond donors (Lipinski definition) is 0. The number of aromatic nitrogens is 1. The van der Waals surface area contributed by atoms with E-state index < -0.39 is 0 Å². The smallest absolute Gasteiger partial charge is 0.212 e. The second kappa shape index (κ2) is 10.3. The van der Waals surface area contributed by atoms with E-state index in [2.05, 4.69) is 40.4 Å². The molecule has 0 amide bonds. The van der Waals surface area contributed by atoms with E-state index in [1.54, 1.807) is 7.11 Å². The Bertz CT molecular complexity index is 636. The molecule has 3 heterocycles. The van der Waals surface area contributed by atoms with Crippen molar-refractivity contribution in [3.8, 4) is 5.88 Å². The molecule has 2 aromatic heterocycles. The zero-order valence-electron chi connectivity index (χ0n) is 15.6. The molecule has 0 aromatic carbocycles. The highest BCUT2D eigenvalue weighted by atomic mass is 35.5. The van der Waals surface area contributed by atoms with Crippen LogP contribution in [0.5, 0.6) is 5.88 Å². The van der Waals surface area contributed by atoms with E-state index in [0.717, 1.165) is 39.3 Å². The average molecular weight is 397 g/mol. The summed E-state index contributed by atoms with van der Waals surface area (Å²) in [5.74, 6) is 0.673. The van der Waals surface area contributed by atoms with Crippen molar-refractivity contribution in [2.45, 2.75) is 32.7 Å². The van der Waals surface area contributed by atoms with Crippen molar-refractivity contribution in [2.75, 3.05) is 33.4 Å². The highest BCUT2D eigenvalue weighted by Gasteiger charge is 2.38. The minimum atomic E-state index is 0. The largest absolute Gasteiger partial charge is 0.481 e. The summed E-state index contributed by atoms with van der Waals surface area (Å²) in [4.78, 5) is 8.34. The van der Waals surface area contributed by atoms with Gasteiger partial charge in [0.15, 0.2) is 0 Å². The molecule has 144 valence electrons. The van der Waals surface area contributed by atoms with Crippen LogP contribution in [0.25, 0.3) is 0 Å². The van der Waals surface area contributed by atoms with Gasteiger partial charge in [0.2, 0.25) is 5.88 Å². The number of ether oxygens (including phenoxy) is 2. The predicted molar refractivity (Wildman–Crippen MR) is 109 cm³/mol. The molecule has 1 fully saturated rings. The Morgan fingerprint density at radius 1 is 1.31 bits per heavy atom. The van der Waals surface area contributed by atoms with Gasteiger partial charge in [-0.1, -0.05) is 12.1 Å². The molecule has 0 spiro atoms. The first kappa shape index (κ1) is 21.2. The van der Waals surface area contributed by atoms with Crippen molar-refractivity contribution in [3.05, 3.63) is 46.3 Å². The summed E-state index contributed by atoms with van der Waals surface area (Å²) in [6.07, 6.45) is 5.49. The molecular weight excluding hydrogens is 368 g/mol. The summed E-state index contributed by atoms with van der Waals surface area (Å²) in [5.41, 5.74) is 1.52. The molecule has 6 heteroatoms. The third-order valence-corrected chi connectivity index (χ3v) is 5.96. The Hall–Kier alpha value is -1.14. The lowest BCUT2D eigenvalue weighted by atomic mass is 9.83. The Kier molecular flexibility index (Phi) is 8.35. The van der Waals surface area contributed by atoms with E-state index in [4.69, 9.17) is 9.47 Å². The summed E-state index contributed by atoms with van der Waals surface area (Å²) in [5, 5.41) is 2.17. The lowest BCUT2D eigenvalue weighted by molar-refractivity contribution is 0.0490. The van der Waals surface area contributed by atoms with Gasteiger partial charge >= 0.3 is 0 Å². The number of thiophene rings is 1. The summed E-state index contributed by atoms with van der Waals surface area (Å²) in [6.45, 7) is 6.93. The van der Waals surface area contributed by atoms with Gasteiger partial charge in [-0.05, 0) is 49.7 Å². The molecule has 4 nitrogen and oxygen atoms in total. The number of hydrogen-bond acceptors (Lipinski definition) is 5. The van der Waals surface area contributed by atoms with Crippen molar-refractivity contribution in [3.63, 3.8) is 0 Å². The fourth-order valence-corrected chi connectivity index (χ4v) is 4.31. The van der Waals surface area contributed by atoms with Crippen LogP contribution in [0.15, 0.2) is 35.8 Å². The molecule has 26 heavy (non-hydrogen) atoms. The maximum atomic E-state index is 5.87. The van der Waals surface area contributed by atoms with Gasteiger partial charge in [0.25, 0.3) is 0 Å². The van der Waals surface area contributed by atoms with Crippen LogP contribution in [0.2, 0.25) is 0 Å². The van der Waals surface area contributed by atoms with Gasteiger partial charge in [-0.3, -0.25) is 4.90 Å². The van der Waals surface area contributed by atoms with E-state index in [1.807, 2.05) is 23.6 Å². The maximum Gasteiger partial charge on any atom is 0.212 e. The van der Waals surface area contributed by atoms with Crippen molar-refractivity contribution in [1.29, 1.82) is 0 Å². The first-order valence-corrected chi connectivity index (χ1v) is 9.92. The molecule has 1 saturated heterocycles. The summed E-state index contributed by atoms with van der Waals surface area (Å²) < 4.78 is 11.0. The van der Waals surface area contributed by atoms with Gasteiger partial charge in [0.05, 0.1) is 13.7 Å². The maximum absolute atomic E-state index is 5.87. The lowest BCUT2D eigenvalue weighted by Crippen LogP contribution is -2.32. The fraction of sp³-hybridized carbons (Fsp3) is 0.550. The molecule has 0 N–H and O–H groups in total. The zero-order valence-corrected chi connectivity index (χ0v) is 17.3. The Morgan fingerprint density at radius 2 is 2.19 bits per heavy atom. The first-order chi connectivity index (χ1) is 12.2. The van der Waals surface area contributed by atoms with Gasteiger partial charge in [0, 0.05) is 42.3 Å². The van der Waals surface area contributed by atoms with Gasteiger partial charge in [-0.15, -0.1) is 23.7 Å². The molecule has 0 radical (unpaired) electrons. The number of aryl methyl sites for hydroxylation is 1. The molecule has 1 aliphatic rings. The minimum Gasteiger partial charge on any atom is -0.481 e. The van der Waals surface area contributed by atoms with Crippen molar-refractivity contribution in [1.82, 2.24) is 9.88 Å². The number of nitrogens with zero attached hydrogens (tertiary/aromatic N) is 2. The van der Waals surface area contributed by atoms with Gasteiger partial charge < -0.3 is 9.47 Å². The van der Waals surface area contributed by atoms with E-state index >= 15 is 0 Å². The van der Waals surface area contributed by atoms with E-state index in [9.17, 15) is 0 Å². The molecule has 0 aliphatic carbocycles. The Balaban J connectivity index is 0.00000243. The van der Waals surface area contributed by atoms with Crippen LogP contribution in [0, 0.1) is 5.41 Å². The van der Waals surface area contributed by atoms with Gasteiger partial charge in [-0.25, -0.2) is 4.98 Å². The van der Waals surface area contributed by atoms with E-state index in [1.165, 1.54) is 23.3 Å². The molecule has 3 rings (SSSR count). The Morgan fingerprint density at radius 3 is 2.85 bits per heavy atom. The highest BCUT2D eigenvalue weighted by molar-refractivity contribution is 7.09. The van der Waals surface area contributed by atoms with E-state index in [0.29, 0.717) is 5.88 Å². The molecule has 2 aromatic rings. The molecule has 1 atom stereocenters. The highest BCUT2D eigenvalue weighted by Crippen LogP contribution is 2.37. The van der Waals surface area contributed by atoms with Crippen molar-refractivity contribution >= 4 is 23.7 Å². The SMILES string of the molecule is CCOC[C@]1(CCc2cccs2)CCN(Cc2ccc(OC)nc2)C1.Cl. The number of pyridine rings is 1. The molecule has 0 unspecified atom stereocenters. The average Bonchev–Trinajstić information content (AvgIpc) is 3.30. The minimum absolute atomic E-state index is 0. The van der Waals surface area contributed by atoms with Crippen LogP contribution in [0.3, 0.4) is 0 Å². The second-order valence-corrected chi connectivity index (χ2v) is 7.92. The third-order valence-electron chi connectivity index (χ3n) is 5.02. The van der Waals surface area contributed by atoms with Crippen LogP contribution < -0.4 is 4.74 Å². The van der Waals surface area contributed by atoms with Crippen molar-refractivity contribution in [2.24, 2.45) is 5.41 Å². The van der Waals surface area contributed by atoms with Crippen LogP contribution >= 0.6 is 23.7 Å². The Labute approximate surface area is 166 Å². The predicted octanol–water partition coefficient (Wildman–Crippen LogP) is 4.43. The quantitative estimate of drug-likeness (QED) is 0.627. The molecule has 0 bridgehead atoms. The summed E-state index contributed by atoms with van der Waals surface area (Å²) in [7, 11) is 1.65. The topological polar surface area (TPSA) is 34.6 Å². The molecular formula is C20H29ClN2O2S. The number of rotatable bonds is 9. The summed E-state index contributed by atoms with van der Waals surface area (Å²) >= 11 is 1.86. The fourth-order valence-electron chi connectivity index (χ4n) is 3.60. The second-order valence-electron chi connectivity index (χ2n) is 6.89. The lowest BCUT2D eigenvalue weighted by Gasteiger charge is -2.29. The van der Waals surface area contributed by atoms with E-state index in [-0.39, 0.29) is 17.8 Å². The normalized spacial score (nSPS) is 20.1. The van der Waals surface area contributed by atoms with Crippen LogP contribution in [-0.4, -0.2) is 43.3 Å². The first-order valence-electron chi connectivity index (χ1n) is 9.04. The number of halogens is 1. The van der Waals surface area contributed by atoms with Gasteiger partial charge in [-0.2, -0.15) is 0 Å². The third kappa shape index (κ3) is 5.68. The summed E-state index contributed by atoms with van der Waals surface area (Å²) in [6, 6.07) is 8.44. The molecule has 0 saturated carbocycles. The van der Waals surface area contributed by atoms with Gasteiger partial charge in [0.1, 0.15) is 0 Å². The monoisotopic (exact) mass is 396 g/mol. The number of methoxy groups -OCH3 is 1. The molecule has 1 aliphatic heterocycles. The van der Waals surface area contributed by atoms with Crippen molar-refractivity contribution < 1.29 is 9.47 Å². The van der Waals surface area contributed by atoms with Crippen LogP contribution in [0.1, 0.15) is 30.2 Å². The standard InChI is InChI=1S/C20H28N2O2S.ClH/c1-3-24-16-20(9-8-18-5-4-12-25-18)10-11-22(15-20)14-17-6-7-19(23-2)21-13-17;/h4-7,12-13H,3,8-11,14-16H2,1-2H3;1H/t20-;/m1./s1.